The maximum Gasteiger partial charge on any atom is 0.146 e. The van der Waals surface area contributed by atoms with E-state index in [1.165, 1.54) is 25.2 Å². The van der Waals surface area contributed by atoms with E-state index in [1.807, 2.05) is 6.07 Å². The van der Waals surface area contributed by atoms with Gasteiger partial charge in [0.05, 0.1) is 5.69 Å². The van der Waals surface area contributed by atoms with Crippen LogP contribution >= 0.6 is 0 Å². The topological polar surface area (TPSA) is 41.0 Å². The molecule has 0 aliphatic carbocycles. The van der Waals surface area contributed by atoms with E-state index in [0.717, 1.165) is 24.8 Å². The Balaban J connectivity index is 1.76. The first-order chi connectivity index (χ1) is 10.2. The lowest BCUT2D eigenvalue weighted by atomic mass is 9.99. The fourth-order valence-corrected chi connectivity index (χ4v) is 2.53. The number of para-hydroxylation sites is 1. The number of nitrogens with one attached hydrogen (secondary N) is 1. The molecule has 2 heterocycles. The zero-order valence-electron chi connectivity index (χ0n) is 12.1. The number of halogens is 1. The number of anilines is 3. The van der Waals surface area contributed by atoms with E-state index in [1.54, 1.807) is 18.2 Å². The molecule has 2 aromatic rings. The van der Waals surface area contributed by atoms with Crippen molar-refractivity contribution in [3.63, 3.8) is 0 Å². The van der Waals surface area contributed by atoms with Crippen LogP contribution in [0.3, 0.4) is 0 Å². The number of benzene rings is 1. The molecule has 0 amide bonds. The average molecular weight is 286 g/mol. The molecule has 110 valence electrons. The predicted octanol–water partition coefficient (Wildman–Crippen LogP) is 3.60. The number of aromatic nitrogens is 2. The Hall–Kier alpha value is -2.17. The first-order valence-electron chi connectivity index (χ1n) is 7.31. The Morgan fingerprint density at radius 3 is 2.71 bits per heavy atom. The van der Waals surface area contributed by atoms with Gasteiger partial charge in [0.25, 0.3) is 0 Å². The summed E-state index contributed by atoms with van der Waals surface area (Å²) in [4.78, 5) is 10.8. The SMILES string of the molecule is CC1CCN(c2cc(Nc3ccccc3F)ncn2)CC1. The van der Waals surface area contributed by atoms with E-state index in [-0.39, 0.29) is 5.82 Å². The van der Waals surface area contributed by atoms with Crippen molar-refractivity contribution in [2.24, 2.45) is 5.92 Å². The molecule has 1 aliphatic rings. The van der Waals surface area contributed by atoms with Crippen molar-refractivity contribution in [2.45, 2.75) is 19.8 Å². The van der Waals surface area contributed by atoms with Crippen molar-refractivity contribution in [1.82, 2.24) is 9.97 Å². The van der Waals surface area contributed by atoms with Crippen LogP contribution in [-0.2, 0) is 0 Å². The zero-order chi connectivity index (χ0) is 14.7. The second-order valence-electron chi connectivity index (χ2n) is 5.54. The summed E-state index contributed by atoms with van der Waals surface area (Å²) in [6, 6.07) is 8.46. The minimum atomic E-state index is -0.288. The lowest BCUT2D eigenvalue weighted by Gasteiger charge is -2.31. The highest BCUT2D eigenvalue weighted by atomic mass is 19.1. The van der Waals surface area contributed by atoms with E-state index in [0.29, 0.717) is 11.5 Å². The van der Waals surface area contributed by atoms with Gasteiger partial charge in [-0.15, -0.1) is 0 Å². The summed E-state index contributed by atoms with van der Waals surface area (Å²) in [7, 11) is 0. The summed E-state index contributed by atoms with van der Waals surface area (Å²) in [5.74, 6) is 2.00. The van der Waals surface area contributed by atoms with Crippen LogP contribution in [0.25, 0.3) is 0 Å². The minimum Gasteiger partial charge on any atom is -0.356 e. The van der Waals surface area contributed by atoms with Crippen molar-refractivity contribution in [2.75, 3.05) is 23.3 Å². The molecule has 1 fully saturated rings. The Kier molecular flexibility index (Phi) is 3.99. The highest BCUT2D eigenvalue weighted by Gasteiger charge is 2.17. The Labute approximate surface area is 124 Å². The van der Waals surface area contributed by atoms with Crippen molar-refractivity contribution < 1.29 is 4.39 Å². The molecule has 0 atom stereocenters. The van der Waals surface area contributed by atoms with Crippen LogP contribution in [0.15, 0.2) is 36.7 Å². The molecule has 1 saturated heterocycles. The van der Waals surface area contributed by atoms with Crippen molar-refractivity contribution in [1.29, 1.82) is 0 Å². The lowest BCUT2D eigenvalue weighted by molar-refractivity contribution is 0.436. The van der Waals surface area contributed by atoms with Crippen molar-refractivity contribution in [3.05, 3.63) is 42.5 Å². The van der Waals surface area contributed by atoms with E-state index in [2.05, 4.69) is 27.1 Å². The predicted molar refractivity (Wildman–Crippen MR) is 82.3 cm³/mol. The largest absolute Gasteiger partial charge is 0.356 e. The van der Waals surface area contributed by atoms with Crippen LogP contribution in [0.5, 0.6) is 0 Å². The Morgan fingerprint density at radius 1 is 1.19 bits per heavy atom. The van der Waals surface area contributed by atoms with E-state index >= 15 is 0 Å². The monoisotopic (exact) mass is 286 g/mol. The maximum absolute atomic E-state index is 13.7. The Morgan fingerprint density at radius 2 is 1.95 bits per heavy atom. The molecular weight excluding hydrogens is 267 g/mol. The Bertz CT molecular complexity index is 609. The van der Waals surface area contributed by atoms with Crippen LogP contribution in [0, 0.1) is 11.7 Å². The van der Waals surface area contributed by atoms with Gasteiger partial charge in [-0.1, -0.05) is 19.1 Å². The lowest BCUT2D eigenvalue weighted by Crippen LogP contribution is -2.33. The second-order valence-corrected chi connectivity index (χ2v) is 5.54. The zero-order valence-corrected chi connectivity index (χ0v) is 12.1. The molecule has 5 heteroatoms. The van der Waals surface area contributed by atoms with Crippen molar-refractivity contribution >= 4 is 17.3 Å². The number of nitrogens with zero attached hydrogens (tertiary/aromatic N) is 3. The smallest absolute Gasteiger partial charge is 0.146 e. The van der Waals surface area contributed by atoms with Gasteiger partial charge < -0.3 is 10.2 Å². The number of hydrogen-bond acceptors (Lipinski definition) is 4. The third-order valence-electron chi connectivity index (χ3n) is 3.90. The summed E-state index contributed by atoms with van der Waals surface area (Å²) >= 11 is 0. The number of piperidine rings is 1. The van der Waals surface area contributed by atoms with Gasteiger partial charge in [-0.3, -0.25) is 0 Å². The highest BCUT2D eigenvalue weighted by Crippen LogP contribution is 2.24. The summed E-state index contributed by atoms with van der Waals surface area (Å²) in [6.07, 6.45) is 3.89. The first kappa shape index (κ1) is 13.8. The quantitative estimate of drug-likeness (QED) is 0.936. The molecule has 1 aromatic heterocycles. The standard InChI is InChI=1S/C16H19FN4/c1-12-6-8-21(9-7-12)16-10-15(18-11-19-16)20-14-5-3-2-4-13(14)17/h2-5,10-12H,6-9H2,1H3,(H,18,19,20). The molecule has 0 radical (unpaired) electrons. The number of hydrogen-bond donors (Lipinski definition) is 1. The third kappa shape index (κ3) is 3.29. The van der Waals surface area contributed by atoms with Gasteiger partial charge in [-0.25, -0.2) is 14.4 Å². The summed E-state index contributed by atoms with van der Waals surface area (Å²) < 4.78 is 13.7. The summed E-state index contributed by atoms with van der Waals surface area (Å²) in [5.41, 5.74) is 0.425. The molecular formula is C16H19FN4. The summed E-state index contributed by atoms with van der Waals surface area (Å²) in [6.45, 7) is 4.30. The first-order valence-corrected chi connectivity index (χ1v) is 7.31. The molecule has 4 nitrogen and oxygen atoms in total. The maximum atomic E-state index is 13.7. The third-order valence-corrected chi connectivity index (χ3v) is 3.90. The molecule has 0 spiro atoms. The van der Waals surface area contributed by atoms with Gasteiger partial charge in [0.1, 0.15) is 23.8 Å². The minimum absolute atomic E-state index is 0.288. The van der Waals surface area contributed by atoms with Crippen molar-refractivity contribution in [3.8, 4) is 0 Å². The van der Waals surface area contributed by atoms with Crippen LogP contribution in [-0.4, -0.2) is 23.1 Å². The molecule has 0 unspecified atom stereocenters. The molecule has 1 N–H and O–H groups in total. The molecule has 21 heavy (non-hydrogen) atoms. The molecule has 1 aliphatic heterocycles. The molecule has 1 aromatic carbocycles. The fraction of sp³-hybridized carbons (Fsp3) is 0.375. The van der Waals surface area contributed by atoms with Gasteiger partial charge in [-0.05, 0) is 30.9 Å². The van der Waals surface area contributed by atoms with Gasteiger partial charge >= 0.3 is 0 Å². The van der Waals surface area contributed by atoms with E-state index in [9.17, 15) is 4.39 Å². The molecule has 3 rings (SSSR count). The van der Waals surface area contributed by atoms with Gasteiger partial charge in [0.2, 0.25) is 0 Å². The van der Waals surface area contributed by atoms with Crippen LogP contribution in [0.2, 0.25) is 0 Å². The summed E-state index contributed by atoms with van der Waals surface area (Å²) in [5, 5.41) is 3.01. The highest BCUT2D eigenvalue weighted by molar-refractivity contribution is 5.59. The van der Waals surface area contributed by atoms with E-state index in [4.69, 9.17) is 0 Å². The van der Waals surface area contributed by atoms with Crippen LogP contribution in [0.4, 0.5) is 21.7 Å². The molecule has 0 bridgehead atoms. The number of rotatable bonds is 3. The van der Waals surface area contributed by atoms with Gasteiger partial charge in [-0.2, -0.15) is 0 Å². The van der Waals surface area contributed by atoms with Gasteiger partial charge in [0.15, 0.2) is 0 Å². The molecule has 0 saturated carbocycles. The van der Waals surface area contributed by atoms with Gasteiger partial charge in [0, 0.05) is 19.2 Å². The second kappa shape index (κ2) is 6.08. The van der Waals surface area contributed by atoms with Crippen LogP contribution in [0.1, 0.15) is 19.8 Å². The fourth-order valence-electron chi connectivity index (χ4n) is 2.53. The van der Waals surface area contributed by atoms with E-state index < -0.39 is 0 Å². The average Bonchev–Trinajstić information content (AvgIpc) is 2.51. The normalized spacial score (nSPS) is 16.0. The van der Waals surface area contributed by atoms with Crippen LogP contribution < -0.4 is 10.2 Å².